The molecule has 0 bridgehead atoms. The SMILES string of the molecule is O=C(CN1C(=O)S/C(=C/c2ccccc2)C1=O)Nc1cccc(O)c1. The maximum atomic E-state index is 12.4. The number of carbonyl (C=O) groups is 3. The molecule has 0 aromatic heterocycles. The Hall–Kier alpha value is -3.06. The van der Waals surface area contributed by atoms with Crippen molar-refractivity contribution in [2.24, 2.45) is 0 Å². The first-order valence-electron chi connectivity index (χ1n) is 7.42. The van der Waals surface area contributed by atoms with Crippen LogP contribution in [0.5, 0.6) is 5.75 Å². The summed E-state index contributed by atoms with van der Waals surface area (Å²) in [6, 6.07) is 15.2. The predicted octanol–water partition coefficient (Wildman–Crippen LogP) is 3.07. The van der Waals surface area contributed by atoms with Crippen molar-refractivity contribution < 1.29 is 19.5 Å². The zero-order valence-corrected chi connectivity index (χ0v) is 13.8. The van der Waals surface area contributed by atoms with E-state index in [9.17, 15) is 19.5 Å². The lowest BCUT2D eigenvalue weighted by atomic mass is 10.2. The Balaban J connectivity index is 1.68. The van der Waals surface area contributed by atoms with Gasteiger partial charge in [-0.15, -0.1) is 0 Å². The molecule has 1 fully saturated rings. The van der Waals surface area contributed by atoms with E-state index in [1.54, 1.807) is 18.2 Å². The third-order valence-corrected chi connectivity index (χ3v) is 4.31. The summed E-state index contributed by atoms with van der Waals surface area (Å²) in [6.45, 7) is -0.382. The minimum Gasteiger partial charge on any atom is -0.508 e. The van der Waals surface area contributed by atoms with Crippen LogP contribution in [0.25, 0.3) is 6.08 Å². The van der Waals surface area contributed by atoms with Crippen LogP contribution in [0, 0.1) is 0 Å². The quantitative estimate of drug-likeness (QED) is 0.824. The van der Waals surface area contributed by atoms with Crippen molar-refractivity contribution in [2.45, 2.75) is 0 Å². The lowest BCUT2D eigenvalue weighted by Crippen LogP contribution is -2.36. The summed E-state index contributed by atoms with van der Waals surface area (Å²) < 4.78 is 0. The van der Waals surface area contributed by atoms with Crippen LogP contribution in [0.3, 0.4) is 0 Å². The Bertz CT molecular complexity index is 864. The van der Waals surface area contributed by atoms with Gasteiger partial charge in [-0.1, -0.05) is 36.4 Å². The number of benzene rings is 2. The van der Waals surface area contributed by atoms with Gasteiger partial charge in [0.15, 0.2) is 0 Å². The summed E-state index contributed by atoms with van der Waals surface area (Å²) in [5, 5.41) is 11.4. The van der Waals surface area contributed by atoms with Crippen molar-refractivity contribution in [3.8, 4) is 5.75 Å². The molecule has 3 rings (SSSR count). The van der Waals surface area contributed by atoms with Gasteiger partial charge in [-0.2, -0.15) is 0 Å². The topological polar surface area (TPSA) is 86.7 Å². The number of hydrogen-bond donors (Lipinski definition) is 2. The number of hydrogen-bond acceptors (Lipinski definition) is 5. The van der Waals surface area contributed by atoms with E-state index in [1.807, 2.05) is 30.3 Å². The van der Waals surface area contributed by atoms with E-state index in [1.165, 1.54) is 12.1 Å². The minimum atomic E-state index is -0.520. The van der Waals surface area contributed by atoms with Crippen molar-refractivity contribution in [2.75, 3.05) is 11.9 Å². The van der Waals surface area contributed by atoms with E-state index >= 15 is 0 Å². The molecule has 3 amide bonds. The molecule has 25 heavy (non-hydrogen) atoms. The van der Waals surface area contributed by atoms with Crippen molar-refractivity contribution >= 4 is 40.6 Å². The summed E-state index contributed by atoms with van der Waals surface area (Å²) in [6.07, 6.45) is 1.62. The molecule has 2 N–H and O–H groups in total. The molecule has 1 aliphatic rings. The largest absolute Gasteiger partial charge is 0.508 e. The normalized spacial score (nSPS) is 15.7. The summed E-state index contributed by atoms with van der Waals surface area (Å²) in [5.74, 6) is -1.01. The van der Waals surface area contributed by atoms with Gasteiger partial charge in [0.25, 0.3) is 11.1 Å². The Morgan fingerprint density at radius 3 is 2.60 bits per heavy atom. The van der Waals surface area contributed by atoms with Crippen LogP contribution >= 0.6 is 11.8 Å². The molecule has 0 unspecified atom stereocenters. The minimum absolute atomic E-state index is 0.00904. The number of amides is 3. The lowest BCUT2D eigenvalue weighted by Gasteiger charge is -2.12. The highest BCUT2D eigenvalue weighted by molar-refractivity contribution is 8.18. The number of nitrogens with zero attached hydrogens (tertiary/aromatic N) is 1. The molecule has 0 saturated carbocycles. The van der Waals surface area contributed by atoms with E-state index in [2.05, 4.69) is 5.32 Å². The summed E-state index contributed by atoms with van der Waals surface area (Å²) in [5.41, 5.74) is 1.19. The second kappa shape index (κ2) is 7.23. The summed E-state index contributed by atoms with van der Waals surface area (Å²) in [4.78, 5) is 37.6. The van der Waals surface area contributed by atoms with Gasteiger partial charge in [0, 0.05) is 11.8 Å². The van der Waals surface area contributed by atoms with Gasteiger partial charge in [-0.05, 0) is 35.5 Å². The van der Waals surface area contributed by atoms with Gasteiger partial charge >= 0.3 is 0 Å². The second-order valence-electron chi connectivity index (χ2n) is 5.28. The Morgan fingerprint density at radius 1 is 1.12 bits per heavy atom. The molecule has 126 valence electrons. The number of phenols is 1. The molecule has 7 heteroatoms. The molecule has 0 atom stereocenters. The standard InChI is InChI=1S/C18H14N2O4S/c21-14-8-4-7-13(10-14)19-16(22)11-20-17(23)15(25-18(20)24)9-12-5-2-1-3-6-12/h1-10,21H,11H2,(H,19,22)/b15-9+. The number of rotatable bonds is 4. The average molecular weight is 354 g/mol. The fourth-order valence-electron chi connectivity index (χ4n) is 2.26. The predicted molar refractivity (Wildman–Crippen MR) is 95.9 cm³/mol. The third kappa shape index (κ3) is 4.07. The smallest absolute Gasteiger partial charge is 0.294 e. The molecule has 2 aromatic carbocycles. The molecule has 2 aromatic rings. The Morgan fingerprint density at radius 2 is 1.88 bits per heavy atom. The molecule has 1 saturated heterocycles. The van der Waals surface area contributed by atoms with E-state index < -0.39 is 17.1 Å². The number of nitrogens with one attached hydrogen (secondary N) is 1. The third-order valence-electron chi connectivity index (χ3n) is 3.40. The Kier molecular flexibility index (Phi) is 4.85. The molecule has 0 radical (unpaired) electrons. The molecular weight excluding hydrogens is 340 g/mol. The second-order valence-corrected chi connectivity index (χ2v) is 6.27. The van der Waals surface area contributed by atoms with Gasteiger partial charge in [0.05, 0.1) is 4.91 Å². The molecular formula is C18H14N2O4S. The van der Waals surface area contributed by atoms with Crippen molar-refractivity contribution in [3.63, 3.8) is 0 Å². The highest BCUT2D eigenvalue weighted by Crippen LogP contribution is 2.32. The number of aromatic hydroxyl groups is 1. The van der Waals surface area contributed by atoms with Crippen LogP contribution in [-0.4, -0.2) is 33.6 Å². The first-order valence-corrected chi connectivity index (χ1v) is 8.24. The average Bonchev–Trinajstić information content (AvgIpc) is 2.83. The number of thioether (sulfide) groups is 1. The molecule has 0 spiro atoms. The van der Waals surface area contributed by atoms with Crippen molar-refractivity contribution in [1.29, 1.82) is 0 Å². The number of imide groups is 1. The molecule has 0 aliphatic carbocycles. The van der Waals surface area contributed by atoms with E-state index in [4.69, 9.17) is 0 Å². The fourth-order valence-corrected chi connectivity index (χ4v) is 3.10. The highest BCUT2D eigenvalue weighted by atomic mass is 32.2. The van der Waals surface area contributed by atoms with Crippen LogP contribution in [0.4, 0.5) is 10.5 Å². The van der Waals surface area contributed by atoms with Crippen molar-refractivity contribution in [3.05, 3.63) is 65.1 Å². The van der Waals surface area contributed by atoms with E-state index in [0.29, 0.717) is 5.69 Å². The zero-order chi connectivity index (χ0) is 17.8. The van der Waals surface area contributed by atoms with Crippen LogP contribution in [0.2, 0.25) is 0 Å². The molecule has 1 heterocycles. The monoisotopic (exact) mass is 354 g/mol. The van der Waals surface area contributed by atoms with Crippen LogP contribution in [-0.2, 0) is 9.59 Å². The Labute approximate surface area is 148 Å². The fraction of sp³-hybridized carbons (Fsp3) is 0.0556. The molecule has 1 aliphatic heterocycles. The van der Waals surface area contributed by atoms with Crippen LogP contribution < -0.4 is 5.32 Å². The number of carbonyl (C=O) groups excluding carboxylic acids is 3. The summed E-state index contributed by atoms with van der Waals surface area (Å²) >= 11 is 0.806. The van der Waals surface area contributed by atoms with Gasteiger partial charge in [0.1, 0.15) is 12.3 Å². The first kappa shape index (κ1) is 16.8. The number of anilines is 1. The zero-order valence-electron chi connectivity index (χ0n) is 13.0. The van der Waals surface area contributed by atoms with Gasteiger partial charge < -0.3 is 10.4 Å². The summed E-state index contributed by atoms with van der Waals surface area (Å²) in [7, 11) is 0. The van der Waals surface area contributed by atoms with Gasteiger partial charge in [-0.25, -0.2) is 0 Å². The maximum absolute atomic E-state index is 12.4. The first-order chi connectivity index (χ1) is 12.0. The highest BCUT2D eigenvalue weighted by Gasteiger charge is 2.36. The molecule has 6 nitrogen and oxygen atoms in total. The van der Waals surface area contributed by atoms with Gasteiger partial charge in [0.2, 0.25) is 5.91 Å². The van der Waals surface area contributed by atoms with Crippen molar-refractivity contribution in [1.82, 2.24) is 4.90 Å². The van der Waals surface area contributed by atoms with E-state index in [0.717, 1.165) is 22.2 Å². The van der Waals surface area contributed by atoms with Crippen LogP contribution in [0.1, 0.15) is 5.56 Å². The van der Waals surface area contributed by atoms with Crippen LogP contribution in [0.15, 0.2) is 59.5 Å². The van der Waals surface area contributed by atoms with Gasteiger partial charge in [-0.3, -0.25) is 19.3 Å². The lowest BCUT2D eigenvalue weighted by molar-refractivity contribution is -0.127. The number of phenolic OH excluding ortho intramolecular Hbond substituents is 1. The van der Waals surface area contributed by atoms with E-state index in [-0.39, 0.29) is 17.2 Å². The maximum Gasteiger partial charge on any atom is 0.294 e.